The molecule has 0 saturated heterocycles. The van der Waals surface area contributed by atoms with E-state index in [9.17, 15) is 4.79 Å². The van der Waals surface area contributed by atoms with Gasteiger partial charge in [0.25, 0.3) is 0 Å². The summed E-state index contributed by atoms with van der Waals surface area (Å²) in [5.74, 6) is 0.843. The second-order valence-electron chi connectivity index (χ2n) is 8.12. The van der Waals surface area contributed by atoms with Crippen molar-refractivity contribution in [3.63, 3.8) is 0 Å². The van der Waals surface area contributed by atoms with E-state index in [1.54, 1.807) is 7.11 Å². The molecule has 1 heterocycles. The molecule has 1 N–H and O–H groups in total. The number of aliphatic imine (C=N–C) groups is 1. The van der Waals surface area contributed by atoms with Gasteiger partial charge < -0.3 is 10.1 Å². The van der Waals surface area contributed by atoms with Crippen LogP contribution in [0.4, 0.5) is 11.4 Å². The Morgan fingerprint density at radius 2 is 1.65 bits per heavy atom. The third-order valence-electron chi connectivity index (χ3n) is 6.24. The number of ketones is 1. The lowest BCUT2D eigenvalue weighted by atomic mass is 9.72. The maximum atomic E-state index is 13.5. The molecule has 1 fully saturated rings. The van der Waals surface area contributed by atoms with E-state index < -0.39 is 0 Å². The molecule has 3 atom stereocenters. The van der Waals surface area contributed by atoms with Crippen molar-refractivity contribution in [3.8, 4) is 5.75 Å². The van der Waals surface area contributed by atoms with Crippen LogP contribution in [0.5, 0.6) is 5.75 Å². The average molecular weight is 431 g/mol. The van der Waals surface area contributed by atoms with Crippen LogP contribution in [0.15, 0.2) is 77.8 Å². The third kappa shape index (κ3) is 3.84. The second kappa shape index (κ2) is 8.20. The fraction of sp³-hybridized carbons (Fsp3) is 0.231. The number of rotatable bonds is 3. The molecule has 2 aliphatic rings. The highest BCUT2D eigenvalue weighted by atomic mass is 35.5. The first-order valence-corrected chi connectivity index (χ1v) is 10.9. The zero-order valence-electron chi connectivity index (χ0n) is 17.2. The molecule has 3 aromatic carbocycles. The first kappa shape index (κ1) is 19.8. The molecule has 5 rings (SSSR count). The number of Topliss-reactive ketones (excluding diaryl/α,β-unsaturated/α-hetero) is 1. The monoisotopic (exact) mass is 430 g/mol. The number of methoxy groups -OCH3 is 1. The number of anilines is 1. The molecule has 4 nitrogen and oxygen atoms in total. The Hall–Kier alpha value is -3.11. The molecule has 1 aliphatic carbocycles. The van der Waals surface area contributed by atoms with Gasteiger partial charge in [0.1, 0.15) is 11.5 Å². The molecule has 156 valence electrons. The largest absolute Gasteiger partial charge is 0.497 e. The normalized spacial score (nSPS) is 22.5. The maximum absolute atomic E-state index is 13.5. The van der Waals surface area contributed by atoms with E-state index in [4.69, 9.17) is 21.3 Å². The predicted molar refractivity (Wildman–Crippen MR) is 125 cm³/mol. The number of ether oxygens (including phenoxy) is 1. The van der Waals surface area contributed by atoms with E-state index in [1.807, 2.05) is 60.7 Å². The molecule has 0 radical (unpaired) electrons. The van der Waals surface area contributed by atoms with Gasteiger partial charge in [-0.15, -0.1) is 0 Å². The Kier molecular flexibility index (Phi) is 5.24. The zero-order valence-corrected chi connectivity index (χ0v) is 18.0. The van der Waals surface area contributed by atoms with Crippen LogP contribution in [-0.4, -0.2) is 18.6 Å². The SMILES string of the molecule is COc1ccc(C2CC(=O)C3C(=Nc4ccccc4NC3c3ccc(Cl)cc3)C2)cc1. The number of halogens is 1. The van der Waals surface area contributed by atoms with Crippen molar-refractivity contribution in [2.75, 3.05) is 12.4 Å². The zero-order chi connectivity index (χ0) is 21.4. The molecule has 0 aromatic heterocycles. The molecule has 1 saturated carbocycles. The van der Waals surface area contributed by atoms with Gasteiger partial charge in [0.05, 0.1) is 30.4 Å². The molecular formula is C26H23ClN2O2. The Labute approximate surface area is 186 Å². The highest BCUT2D eigenvalue weighted by Gasteiger charge is 2.41. The molecule has 0 amide bonds. The van der Waals surface area contributed by atoms with Crippen molar-refractivity contribution in [2.45, 2.75) is 24.8 Å². The Bertz CT molecular complexity index is 1140. The molecule has 3 aromatic rings. The van der Waals surface area contributed by atoms with Crippen molar-refractivity contribution in [2.24, 2.45) is 10.9 Å². The predicted octanol–water partition coefficient (Wildman–Crippen LogP) is 6.35. The number of para-hydroxylation sites is 2. The van der Waals surface area contributed by atoms with Crippen LogP contribution in [0, 0.1) is 5.92 Å². The summed E-state index contributed by atoms with van der Waals surface area (Å²) >= 11 is 6.12. The van der Waals surface area contributed by atoms with Gasteiger partial charge in [-0.25, -0.2) is 0 Å². The van der Waals surface area contributed by atoms with E-state index >= 15 is 0 Å². The summed E-state index contributed by atoms with van der Waals surface area (Å²) in [6.07, 6.45) is 1.25. The Balaban J connectivity index is 1.55. The van der Waals surface area contributed by atoms with Crippen molar-refractivity contribution in [1.82, 2.24) is 0 Å². The first-order chi connectivity index (χ1) is 15.1. The molecule has 3 unspecified atom stereocenters. The van der Waals surface area contributed by atoms with Gasteiger partial charge in [0.2, 0.25) is 0 Å². The Morgan fingerprint density at radius 3 is 2.39 bits per heavy atom. The average Bonchev–Trinajstić information content (AvgIpc) is 2.96. The summed E-state index contributed by atoms with van der Waals surface area (Å²) < 4.78 is 5.28. The molecule has 1 aliphatic heterocycles. The standard InChI is InChI=1S/C26H23ClN2O2/c1-31-20-12-8-16(9-13-20)18-14-23-25(24(30)15-18)26(17-6-10-19(27)11-7-17)29-22-5-3-2-4-21(22)28-23/h2-13,18,25-26,29H,14-15H2,1H3. The van der Waals surface area contributed by atoms with Crippen molar-refractivity contribution < 1.29 is 9.53 Å². The second-order valence-corrected chi connectivity index (χ2v) is 8.55. The van der Waals surface area contributed by atoms with E-state index in [2.05, 4.69) is 17.4 Å². The minimum Gasteiger partial charge on any atom is -0.497 e. The van der Waals surface area contributed by atoms with Crippen LogP contribution in [0.2, 0.25) is 5.02 Å². The number of fused-ring (bicyclic) bond motifs is 2. The minimum atomic E-state index is -0.303. The van der Waals surface area contributed by atoms with Gasteiger partial charge >= 0.3 is 0 Å². The van der Waals surface area contributed by atoms with E-state index in [-0.39, 0.29) is 23.7 Å². The number of carbonyl (C=O) groups is 1. The van der Waals surface area contributed by atoms with Crippen molar-refractivity contribution in [3.05, 3.63) is 88.9 Å². The summed E-state index contributed by atoms with van der Waals surface area (Å²) in [6, 6.07) is 23.6. The van der Waals surface area contributed by atoms with E-state index in [1.165, 1.54) is 0 Å². The molecule has 0 bridgehead atoms. The number of carbonyl (C=O) groups excluding carboxylic acids is 1. The summed E-state index contributed by atoms with van der Waals surface area (Å²) in [5.41, 5.74) is 4.94. The molecule has 5 heteroatoms. The van der Waals surface area contributed by atoms with Crippen LogP contribution >= 0.6 is 11.6 Å². The van der Waals surface area contributed by atoms with Crippen molar-refractivity contribution in [1.29, 1.82) is 0 Å². The van der Waals surface area contributed by atoms with Crippen LogP contribution in [0.1, 0.15) is 35.9 Å². The van der Waals surface area contributed by atoms with Gasteiger partial charge in [0, 0.05) is 17.2 Å². The maximum Gasteiger partial charge on any atom is 0.144 e. The summed E-state index contributed by atoms with van der Waals surface area (Å²) in [5, 5.41) is 4.28. The number of benzene rings is 3. The number of hydrogen-bond acceptors (Lipinski definition) is 4. The Morgan fingerprint density at radius 1 is 0.935 bits per heavy atom. The highest BCUT2D eigenvalue weighted by molar-refractivity contribution is 6.30. The van der Waals surface area contributed by atoms with Gasteiger partial charge in [0.15, 0.2) is 0 Å². The van der Waals surface area contributed by atoms with Crippen LogP contribution in [0.25, 0.3) is 0 Å². The lowest BCUT2D eigenvalue weighted by Gasteiger charge is -2.34. The summed E-state index contributed by atoms with van der Waals surface area (Å²) in [6.45, 7) is 0. The fourth-order valence-electron chi connectivity index (χ4n) is 4.66. The minimum absolute atomic E-state index is 0.115. The van der Waals surface area contributed by atoms with Crippen molar-refractivity contribution >= 4 is 34.5 Å². The van der Waals surface area contributed by atoms with Gasteiger partial charge in [-0.1, -0.05) is 48.0 Å². The van der Waals surface area contributed by atoms with Crippen LogP contribution < -0.4 is 10.1 Å². The molecule has 0 spiro atoms. The van der Waals surface area contributed by atoms with Gasteiger partial charge in [-0.3, -0.25) is 9.79 Å². The van der Waals surface area contributed by atoms with Crippen LogP contribution in [0.3, 0.4) is 0 Å². The van der Waals surface area contributed by atoms with Gasteiger partial charge in [-0.2, -0.15) is 0 Å². The number of nitrogens with one attached hydrogen (secondary N) is 1. The topological polar surface area (TPSA) is 50.7 Å². The van der Waals surface area contributed by atoms with E-state index in [0.29, 0.717) is 11.4 Å². The lowest BCUT2D eigenvalue weighted by Crippen LogP contribution is -2.38. The highest BCUT2D eigenvalue weighted by Crippen LogP contribution is 2.44. The van der Waals surface area contributed by atoms with E-state index in [0.717, 1.165) is 40.4 Å². The molecule has 31 heavy (non-hydrogen) atoms. The summed E-state index contributed by atoms with van der Waals surface area (Å²) in [4.78, 5) is 18.5. The lowest BCUT2D eigenvalue weighted by molar-refractivity contribution is -0.122. The smallest absolute Gasteiger partial charge is 0.144 e. The summed E-state index contributed by atoms with van der Waals surface area (Å²) in [7, 11) is 1.66. The fourth-order valence-corrected chi connectivity index (χ4v) is 4.78. The van der Waals surface area contributed by atoms with Gasteiger partial charge in [-0.05, 0) is 59.9 Å². The third-order valence-corrected chi connectivity index (χ3v) is 6.49. The first-order valence-electron chi connectivity index (χ1n) is 10.5. The molecular weight excluding hydrogens is 408 g/mol. The quantitative estimate of drug-likeness (QED) is 0.526. The number of nitrogens with zero attached hydrogens (tertiary/aromatic N) is 1. The number of hydrogen-bond donors (Lipinski definition) is 1. The van der Waals surface area contributed by atoms with Crippen LogP contribution in [-0.2, 0) is 4.79 Å².